The molecule has 1 aromatic carbocycles. The predicted octanol–water partition coefficient (Wildman–Crippen LogP) is 2.39. The summed E-state index contributed by atoms with van der Waals surface area (Å²) in [6.07, 6.45) is 0. The van der Waals surface area contributed by atoms with Gasteiger partial charge in [-0.15, -0.1) is 0 Å². The van der Waals surface area contributed by atoms with Crippen LogP contribution in [0, 0.1) is 15.9 Å². The fourth-order valence-corrected chi connectivity index (χ4v) is 0.828. The molecule has 0 N–H and O–H groups in total. The first-order valence-corrected chi connectivity index (χ1v) is 3.09. The highest BCUT2D eigenvalue weighted by atomic mass is 35.5. The number of nitrogens with zero attached hydrogens (tertiary/aromatic N) is 1. The lowest BCUT2D eigenvalue weighted by molar-refractivity contribution is -0.384. The molecule has 3 nitrogen and oxygen atoms in total. The van der Waals surface area contributed by atoms with Crippen molar-refractivity contribution in [1.82, 2.24) is 0 Å². The quantitative estimate of drug-likeness (QED) is 0.485. The lowest BCUT2D eigenvalue weighted by Crippen LogP contribution is -1.90. The highest BCUT2D eigenvalue weighted by Gasteiger charge is 2.14. The molecule has 0 heterocycles. The molecule has 0 unspecified atom stereocenters. The number of hydrogen-bond acceptors (Lipinski definition) is 2. The van der Waals surface area contributed by atoms with Crippen molar-refractivity contribution in [2.24, 2.45) is 0 Å². The molecule has 1 aromatic rings. The SMILES string of the molecule is O=[N+]([O-])c1cccc([18F])c1Cl. The second-order valence-electron chi connectivity index (χ2n) is 1.83. The molecule has 0 amide bonds. The maximum Gasteiger partial charge on any atom is 0.290 e. The lowest BCUT2D eigenvalue weighted by Gasteiger charge is -1.93. The molecule has 0 fully saturated rings. The molecule has 11 heavy (non-hydrogen) atoms. The van der Waals surface area contributed by atoms with E-state index in [2.05, 4.69) is 0 Å². The van der Waals surface area contributed by atoms with Crippen molar-refractivity contribution in [1.29, 1.82) is 0 Å². The van der Waals surface area contributed by atoms with Gasteiger partial charge in [0, 0.05) is 6.07 Å². The van der Waals surface area contributed by atoms with Crippen LogP contribution in [0.3, 0.4) is 0 Å². The Kier molecular flexibility index (Phi) is 2.05. The highest BCUT2D eigenvalue weighted by molar-refractivity contribution is 6.32. The van der Waals surface area contributed by atoms with Crippen molar-refractivity contribution >= 4 is 17.3 Å². The predicted molar refractivity (Wildman–Crippen MR) is 38.1 cm³/mol. The molecule has 0 atom stereocenters. The van der Waals surface area contributed by atoms with E-state index in [4.69, 9.17) is 11.6 Å². The van der Waals surface area contributed by atoms with Gasteiger partial charge in [0.2, 0.25) is 0 Å². The Morgan fingerprint density at radius 3 is 2.64 bits per heavy atom. The maximum atomic E-state index is 12.5. The zero-order valence-corrected chi connectivity index (χ0v) is 6.01. The number of hydrogen-bond donors (Lipinski definition) is 0. The fraction of sp³-hybridized carbons (Fsp3) is 0. The van der Waals surface area contributed by atoms with Crippen LogP contribution < -0.4 is 0 Å². The van der Waals surface area contributed by atoms with Gasteiger partial charge in [0.25, 0.3) is 5.69 Å². The van der Waals surface area contributed by atoms with Gasteiger partial charge in [-0.05, 0) is 6.07 Å². The van der Waals surface area contributed by atoms with Gasteiger partial charge in [0.05, 0.1) is 4.92 Å². The molecule has 0 bridgehead atoms. The molecular weight excluding hydrogens is 172 g/mol. The summed E-state index contributed by atoms with van der Waals surface area (Å²) >= 11 is 5.27. The van der Waals surface area contributed by atoms with Gasteiger partial charge < -0.3 is 0 Å². The molecule has 0 aliphatic rings. The molecule has 0 aromatic heterocycles. The summed E-state index contributed by atoms with van der Waals surface area (Å²) in [7, 11) is 0. The number of nitro benzene ring substituents is 1. The van der Waals surface area contributed by atoms with Crippen LogP contribution in [0.1, 0.15) is 0 Å². The van der Waals surface area contributed by atoms with Gasteiger partial charge in [0.1, 0.15) is 5.82 Å². The second-order valence-corrected chi connectivity index (χ2v) is 2.21. The largest absolute Gasteiger partial charge is 0.290 e. The Bertz CT molecular complexity index is 303. The van der Waals surface area contributed by atoms with Crippen molar-refractivity contribution in [2.75, 3.05) is 0 Å². The summed E-state index contributed by atoms with van der Waals surface area (Å²) in [5.74, 6) is -0.777. The smallest absolute Gasteiger partial charge is 0.258 e. The minimum Gasteiger partial charge on any atom is -0.258 e. The summed E-state index contributed by atoms with van der Waals surface area (Å²) < 4.78 is 12.5. The monoisotopic (exact) mass is 174 g/mol. The van der Waals surface area contributed by atoms with Crippen LogP contribution in [0.4, 0.5) is 10.1 Å². The topological polar surface area (TPSA) is 43.1 Å². The van der Waals surface area contributed by atoms with Crippen LogP contribution in [0.25, 0.3) is 0 Å². The fourth-order valence-electron chi connectivity index (χ4n) is 0.633. The average molecular weight is 175 g/mol. The summed E-state index contributed by atoms with van der Waals surface area (Å²) in [4.78, 5) is 9.40. The van der Waals surface area contributed by atoms with E-state index in [1.54, 1.807) is 0 Å². The van der Waals surface area contributed by atoms with Crippen LogP contribution in [-0.4, -0.2) is 4.92 Å². The lowest BCUT2D eigenvalue weighted by atomic mass is 10.3. The number of nitro groups is 1. The molecule has 0 spiro atoms. The molecule has 58 valence electrons. The summed E-state index contributed by atoms with van der Waals surface area (Å²) in [5, 5.41) is 9.68. The van der Waals surface area contributed by atoms with Crippen LogP contribution in [-0.2, 0) is 0 Å². The van der Waals surface area contributed by atoms with E-state index in [0.717, 1.165) is 12.1 Å². The van der Waals surface area contributed by atoms with Gasteiger partial charge in [-0.1, -0.05) is 17.7 Å². The van der Waals surface area contributed by atoms with Gasteiger partial charge in [0.15, 0.2) is 5.02 Å². The summed E-state index contributed by atoms with van der Waals surface area (Å²) in [6.45, 7) is 0. The van der Waals surface area contributed by atoms with E-state index in [-0.39, 0.29) is 0 Å². The third-order valence-electron chi connectivity index (χ3n) is 1.13. The van der Waals surface area contributed by atoms with E-state index in [0.29, 0.717) is 0 Å². The molecule has 5 heteroatoms. The van der Waals surface area contributed by atoms with Crippen molar-refractivity contribution in [3.63, 3.8) is 0 Å². The first-order chi connectivity index (χ1) is 5.13. The van der Waals surface area contributed by atoms with Crippen LogP contribution >= 0.6 is 11.6 Å². The molecule has 0 saturated heterocycles. The first-order valence-electron chi connectivity index (χ1n) is 2.71. The molecule has 0 aliphatic heterocycles. The Morgan fingerprint density at radius 2 is 2.18 bits per heavy atom. The van der Waals surface area contributed by atoms with Crippen LogP contribution in [0.15, 0.2) is 18.2 Å². The first kappa shape index (κ1) is 7.94. The minimum atomic E-state index is -0.777. The van der Waals surface area contributed by atoms with E-state index < -0.39 is 21.5 Å². The van der Waals surface area contributed by atoms with Crippen molar-refractivity contribution in [3.8, 4) is 0 Å². The molecule has 0 aliphatic carbocycles. The van der Waals surface area contributed by atoms with E-state index in [1.807, 2.05) is 0 Å². The molecular formula is C6H3ClFNO2. The third-order valence-corrected chi connectivity index (χ3v) is 1.50. The summed E-state index contributed by atoms with van der Waals surface area (Å²) in [6, 6.07) is 3.44. The highest BCUT2D eigenvalue weighted by Crippen LogP contribution is 2.25. The van der Waals surface area contributed by atoms with Gasteiger partial charge in [-0.3, -0.25) is 10.1 Å². The zero-order chi connectivity index (χ0) is 8.43. The Labute approximate surface area is 66.6 Å². The van der Waals surface area contributed by atoms with Crippen LogP contribution in [0.5, 0.6) is 0 Å². The maximum absolute atomic E-state index is 12.5. The third kappa shape index (κ3) is 1.46. The molecule has 0 radical (unpaired) electrons. The van der Waals surface area contributed by atoms with E-state index in [1.165, 1.54) is 6.07 Å². The van der Waals surface area contributed by atoms with E-state index >= 15 is 0 Å². The van der Waals surface area contributed by atoms with Gasteiger partial charge >= 0.3 is 0 Å². The zero-order valence-electron chi connectivity index (χ0n) is 5.25. The van der Waals surface area contributed by atoms with Crippen LogP contribution in [0.2, 0.25) is 5.02 Å². The molecule has 0 saturated carbocycles. The number of rotatable bonds is 1. The summed E-state index contributed by atoms with van der Waals surface area (Å²) in [5.41, 5.74) is -0.410. The Balaban J connectivity index is 3.27. The van der Waals surface area contributed by atoms with Gasteiger partial charge in [-0.2, -0.15) is 0 Å². The Morgan fingerprint density at radius 1 is 1.55 bits per heavy atom. The number of benzene rings is 1. The number of halogens is 2. The van der Waals surface area contributed by atoms with E-state index in [9.17, 15) is 14.5 Å². The molecule has 1 rings (SSSR count). The normalized spacial score (nSPS) is 9.64. The second kappa shape index (κ2) is 2.84. The van der Waals surface area contributed by atoms with Crippen molar-refractivity contribution < 1.29 is 9.31 Å². The van der Waals surface area contributed by atoms with Crippen molar-refractivity contribution in [2.45, 2.75) is 0 Å². The Hall–Kier alpha value is -1.16. The standard InChI is InChI=1S/C6H3ClFNO2/c7-6-4(8)2-1-3-5(6)9(10)11/h1-3H/i8-1. The van der Waals surface area contributed by atoms with Gasteiger partial charge in [-0.25, -0.2) is 4.39 Å². The average Bonchev–Trinajstić information content (AvgIpc) is 1.94. The minimum absolute atomic E-state index is 0.410. The van der Waals surface area contributed by atoms with Crippen molar-refractivity contribution in [3.05, 3.63) is 39.2 Å².